The number of aryl methyl sites for hydroxylation is 3. The maximum atomic E-state index is 14.0. The third kappa shape index (κ3) is 4.53. The third-order valence-corrected chi connectivity index (χ3v) is 9.18. The molecule has 7 heterocycles. The number of methoxy groups -OCH3 is 1. The molecule has 0 unspecified atom stereocenters. The highest BCUT2D eigenvalue weighted by atomic mass is 16.5. The largest absolute Gasteiger partial charge is 0.496 e. The highest BCUT2D eigenvalue weighted by Crippen LogP contribution is 2.35. The van der Waals surface area contributed by atoms with Gasteiger partial charge in [-0.2, -0.15) is 5.10 Å². The number of ether oxygens (including phenoxy) is 2. The third-order valence-electron chi connectivity index (χ3n) is 9.18. The van der Waals surface area contributed by atoms with E-state index in [0.717, 1.165) is 82.0 Å². The van der Waals surface area contributed by atoms with E-state index < -0.39 is 0 Å². The van der Waals surface area contributed by atoms with Gasteiger partial charge in [0, 0.05) is 68.2 Å². The number of rotatable bonds is 6. The Labute approximate surface area is 256 Å². The van der Waals surface area contributed by atoms with Crippen molar-refractivity contribution in [3.05, 3.63) is 59.4 Å². The fraction of sp³-hybridized carbons (Fsp3) is 0.424. The number of nitrogens with zero attached hydrogens (tertiary/aromatic N) is 8. The zero-order valence-electron chi connectivity index (χ0n) is 26.2. The molecule has 0 aromatic carbocycles. The quantitative estimate of drug-likeness (QED) is 0.287. The first-order valence-corrected chi connectivity index (χ1v) is 15.2. The Kier molecular flexibility index (Phi) is 7.09. The number of pyridine rings is 3. The molecule has 1 amide bonds. The molecule has 228 valence electrons. The number of carbonyl (C=O) groups excluding carboxylic acids is 1. The summed E-state index contributed by atoms with van der Waals surface area (Å²) < 4.78 is 14.9. The van der Waals surface area contributed by atoms with Crippen molar-refractivity contribution in [2.45, 2.75) is 39.7 Å². The molecule has 2 aliphatic rings. The first-order valence-electron chi connectivity index (χ1n) is 15.2. The molecule has 0 spiro atoms. The summed E-state index contributed by atoms with van der Waals surface area (Å²) in [4.78, 5) is 32.8. The second-order valence-electron chi connectivity index (χ2n) is 12.1. The number of piperazine rings is 1. The van der Waals surface area contributed by atoms with Gasteiger partial charge in [0.2, 0.25) is 0 Å². The number of hydrogen-bond acceptors (Lipinski definition) is 8. The van der Waals surface area contributed by atoms with Crippen molar-refractivity contribution in [1.82, 2.24) is 39.1 Å². The van der Waals surface area contributed by atoms with Crippen LogP contribution in [0.5, 0.6) is 5.75 Å². The molecule has 0 aliphatic carbocycles. The number of fused-ring (bicyclic) bond motifs is 2. The topological polar surface area (TPSA) is 103 Å². The molecule has 11 heteroatoms. The maximum absolute atomic E-state index is 14.0. The summed E-state index contributed by atoms with van der Waals surface area (Å²) in [5, 5.41) is 6.76. The Morgan fingerprint density at radius 2 is 1.82 bits per heavy atom. The van der Waals surface area contributed by atoms with Crippen LogP contribution in [0.15, 0.2) is 36.8 Å². The first kappa shape index (κ1) is 28.4. The predicted molar refractivity (Wildman–Crippen MR) is 169 cm³/mol. The zero-order valence-corrected chi connectivity index (χ0v) is 26.2. The maximum Gasteiger partial charge on any atom is 0.270 e. The standard InChI is InChI=1S/C33H38N8O3/c1-19(2)31-30-20(3)32(33(42)40-11-9-39(10-12-40)22-17-44-18-22)38(5)27(30)14-29(37-31)41-26-13-25(36-21(4)23(26)16-35-41)24-15-34-8-7-28(24)43-6/h7-8,13-16,19,22H,9-12,17-18H2,1-6H3. The fourth-order valence-corrected chi connectivity index (χ4v) is 6.63. The van der Waals surface area contributed by atoms with Gasteiger partial charge in [0.25, 0.3) is 5.91 Å². The lowest BCUT2D eigenvalue weighted by atomic mass is 10.0. The first-order chi connectivity index (χ1) is 21.3. The molecular weight excluding hydrogens is 556 g/mol. The van der Waals surface area contributed by atoms with Crippen molar-refractivity contribution in [2.75, 3.05) is 46.5 Å². The lowest BCUT2D eigenvalue weighted by Gasteiger charge is -2.42. The van der Waals surface area contributed by atoms with Crippen molar-refractivity contribution >= 4 is 27.7 Å². The zero-order chi connectivity index (χ0) is 30.7. The van der Waals surface area contributed by atoms with E-state index in [4.69, 9.17) is 24.5 Å². The Hall–Kier alpha value is -4.35. The van der Waals surface area contributed by atoms with Crippen LogP contribution in [0, 0.1) is 13.8 Å². The van der Waals surface area contributed by atoms with Crippen molar-refractivity contribution in [1.29, 1.82) is 0 Å². The average Bonchev–Trinajstić information content (AvgIpc) is 3.54. The van der Waals surface area contributed by atoms with Gasteiger partial charge in [-0.05, 0) is 37.5 Å². The van der Waals surface area contributed by atoms with Crippen molar-refractivity contribution in [3.63, 3.8) is 0 Å². The van der Waals surface area contributed by atoms with Crippen LogP contribution < -0.4 is 4.74 Å². The van der Waals surface area contributed by atoms with Gasteiger partial charge in [-0.15, -0.1) is 0 Å². The van der Waals surface area contributed by atoms with Crippen LogP contribution in [0.25, 0.3) is 38.9 Å². The van der Waals surface area contributed by atoms with Crippen LogP contribution in [0.4, 0.5) is 0 Å². The molecule has 5 aromatic heterocycles. The van der Waals surface area contributed by atoms with Gasteiger partial charge >= 0.3 is 0 Å². The monoisotopic (exact) mass is 594 g/mol. The van der Waals surface area contributed by atoms with E-state index in [0.29, 0.717) is 30.7 Å². The van der Waals surface area contributed by atoms with Crippen LogP contribution in [0.3, 0.4) is 0 Å². The van der Waals surface area contributed by atoms with Crippen LogP contribution >= 0.6 is 0 Å². The van der Waals surface area contributed by atoms with Crippen LogP contribution in [-0.2, 0) is 11.8 Å². The number of carbonyl (C=O) groups is 1. The second-order valence-corrected chi connectivity index (χ2v) is 12.1. The molecule has 0 bridgehead atoms. The van der Waals surface area contributed by atoms with Gasteiger partial charge in [-0.3, -0.25) is 19.7 Å². The Bertz CT molecular complexity index is 1900. The molecule has 44 heavy (non-hydrogen) atoms. The molecule has 0 saturated carbocycles. The van der Waals surface area contributed by atoms with Gasteiger partial charge in [-0.25, -0.2) is 9.67 Å². The van der Waals surface area contributed by atoms with E-state index in [2.05, 4.69) is 30.7 Å². The normalized spacial score (nSPS) is 16.3. The molecule has 5 aromatic rings. The Balaban J connectivity index is 1.32. The van der Waals surface area contributed by atoms with E-state index in [9.17, 15) is 4.79 Å². The molecule has 0 N–H and O–H groups in total. The van der Waals surface area contributed by atoms with Crippen LogP contribution in [0.1, 0.15) is 47.2 Å². The SMILES string of the molecule is COc1ccncc1-c1cc2c(cnn2-c2cc3c(c(C(C)C)n2)c(C)c(C(=O)N2CCN(C4COC4)CC2)n3C)c(C)n1. The van der Waals surface area contributed by atoms with Gasteiger partial charge in [0.15, 0.2) is 5.82 Å². The molecule has 11 nitrogen and oxygen atoms in total. The minimum absolute atomic E-state index is 0.0725. The lowest BCUT2D eigenvalue weighted by Crippen LogP contribution is -2.57. The van der Waals surface area contributed by atoms with Crippen LogP contribution in [-0.4, -0.2) is 97.6 Å². The molecule has 7 rings (SSSR count). The van der Waals surface area contributed by atoms with Crippen molar-refractivity contribution in [3.8, 4) is 22.8 Å². The molecule has 2 aliphatic heterocycles. The van der Waals surface area contributed by atoms with Crippen LogP contribution in [0.2, 0.25) is 0 Å². The van der Waals surface area contributed by atoms with Gasteiger partial charge in [0.05, 0.1) is 60.5 Å². The van der Waals surface area contributed by atoms with Gasteiger partial charge < -0.3 is 18.9 Å². The summed E-state index contributed by atoms with van der Waals surface area (Å²) in [6, 6.07) is 6.38. The van der Waals surface area contributed by atoms with E-state index in [1.165, 1.54) is 0 Å². The summed E-state index contributed by atoms with van der Waals surface area (Å²) in [6.07, 6.45) is 5.31. The molecule has 0 radical (unpaired) electrons. The van der Waals surface area contributed by atoms with E-state index in [-0.39, 0.29) is 11.8 Å². The van der Waals surface area contributed by atoms with Crippen molar-refractivity contribution < 1.29 is 14.3 Å². The summed E-state index contributed by atoms with van der Waals surface area (Å²) in [5.41, 5.74) is 6.90. The minimum atomic E-state index is 0.0725. The fourth-order valence-electron chi connectivity index (χ4n) is 6.63. The van der Waals surface area contributed by atoms with Gasteiger partial charge in [-0.1, -0.05) is 13.8 Å². The lowest BCUT2D eigenvalue weighted by molar-refractivity contribution is -0.0746. The van der Waals surface area contributed by atoms with Gasteiger partial charge in [0.1, 0.15) is 11.4 Å². The molecule has 2 fully saturated rings. The highest BCUT2D eigenvalue weighted by Gasteiger charge is 2.32. The Morgan fingerprint density at radius 3 is 2.50 bits per heavy atom. The van der Waals surface area contributed by atoms with E-state index in [1.807, 2.05) is 52.5 Å². The smallest absolute Gasteiger partial charge is 0.270 e. The summed E-state index contributed by atoms with van der Waals surface area (Å²) in [5.74, 6) is 1.61. The van der Waals surface area contributed by atoms with Crippen molar-refractivity contribution in [2.24, 2.45) is 7.05 Å². The van der Waals surface area contributed by atoms with E-state index in [1.54, 1.807) is 19.5 Å². The number of hydrogen-bond donors (Lipinski definition) is 0. The number of aromatic nitrogens is 6. The average molecular weight is 595 g/mol. The summed E-state index contributed by atoms with van der Waals surface area (Å²) in [7, 11) is 3.63. The summed E-state index contributed by atoms with van der Waals surface area (Å²) >= 11 is 0. The number of amides is 1. The van der Waals surface area contributed by atoms with E-state index >= 15 is 0 Å². The predicted octanol–water partition coefficient (Wildman–Crippen LogP) is 4.27. The second kappa shape index (κ2) is 11.0. The molecule has 0 atom stereocenters. The molecule has 2 saturated heterocycles. The Morgan fingerprint density at radius 1 is 1.05 bits per heavy atom. The molecular formula is C33H38N8O3. The minimum Gasteiger partial charge on any atom is -0.496 e. The summed E-state index contributed by atoms with van der Waals surface area (Å²) in [6.45, 7) is 13.1. The highest BCUT2D eigenvalue weighted by molar-refractivity contribution is 6.03.